The van der Waals surface area contributed by atoms with E-state index in [1.165, 1.54) is 5.56 Å². The molecule has 0 amide bonds. The number of nitrogens with one attached hydrogen (secondary N) is 1. The van der Waals surface area contributed by atoms with Crippen LogP contribution in [-0.2, 0) is 10.0 Å². The van der Waals surface area contributed by atoms with Gasteiger partial charge in [0.25, 0.3) is 0 Å². The molecule has 1 aromatic rings. The molecule has 1 rings (SSSR count). The summed E-state index contributed by atoms with van der Waals surface area (Å²) >= 11 is 0. The summed E-state index contributed by atoms with van der Waals surface area (Å²) in [6.45, 7) is 7.94. The van der Waals surface area contributed by atoms with E-state index in [0.717, 1.165) is 12.8 Å². The molecule has 0 aliphatic rings. The van der Waals surface area contributed by atoms with Crippen LogP contribution in [0.15, 0.2) is 29.2 Å². The van der Waals surface area contributed by atoms with Crippen molar-refractivity contribution in [1.82, 2.24) is 4.72 Å². The third-order valence-electron chi connectivity index (χ3n) is 3.04. The third-order valence-corrected chi connectivity index (χ3v) is 4.71. The summed E-state index contributed by atoms with van der Waals surface area (Å²) in [6.07, 6.45) is 2.15. The molecular weight excluding hydrogens is 246 g/mol. The average Bonchev–Trinajstić information content (AvgIpc) is 2.29. The van der Waals surface area contributed by atoms with Crippen LogP contribution in [-0.4, -0.2) is 14.5 Å². The third kappa shape index (κ3) is 3.82. The quantitative estimate of drug-likeness (QED) is 0.861. The molecule has 102 valence electrons. The van der Waals surface area contributed by atoms with Gasteiger partial charge in [0, 0.05) is 6.04 Å². The predicted molar refractivity (Wildman–Crippen MR) is 75.2 cm³/mol. The van der Waals surface area contributed by atoms with E-state index in [4.69, 9.17) is 0 Å². The summed E-state index contributed by atoms with van der Waals surface area (Å²) in [6, 6.07) is 7.14. The van der Waals surface area contributed by atoms with Crippen LogP contribution in [0.2, 0.25) is 0 Å². The van der Waals surface area contributed by atoms with Crippen molar-refractivity contribution in [2.24, 2.45) is 0 Å². The first kappa shape index (κ1) is 15.2. The van der Waals surface area contributed by atoms with Crippen molar-refractivity contribution in [2.75, 3.05) is 0 Å². The van der Waals surface area contributed by atoms with Crippen molar-refractivity contribution in [3.05, 3.63) is 29.8 Å². The molecule has 0 unspecified atom stereocenters. The van der Waals surface area contributed by atoms with E-state index in [-0.39, 0.29) is 6.04 Å². The summed E-state index contributed by atoms with van der Waals surface area (Å²) in [5.74, 6) is 0.514. The minimum atomic E-state index is -3.37. The Balaban J connectivity index is 2.95. The predicted octanol–water partition coefficient (Wildman–Crippen LogP) is 3.28. The summed E-state index contributed by atoms with van der Waals surface area (Å²) in [5.41, 5.74) is 1.21. The first-order valence-electron chi connectivity index (χ1n) is 6.53. The van der Waals surface area contributed by atoms with E-state index in [9.17, 15) is 8.42 Å². The Morgan fingerprint density at radius 1 is 1.06 bits per heavy atom. The van der Waals surface area contributed by atoms with E-state index >= 15 is 0 Å². The number of benzene rings is 1. The fourth-order valence-corrected chi connectivity index (χ4v) is 3.31. The maximum atomic E-state index is 12.0. The molecule has 3 nitrogen and oxygen atoms in total. The monoisotopic (exact) mass is 269 g/mol. The molecule has 1 N–H and O–H groups in total. The number of hydrogen-bond acceptors (Lipinski definition) is 2. The average molecular weight is 269 g/mol. The van der Waals surface area contributed by atoms with E-state index in [0.29, 0.717) is 10.8 Å². The molecule has 0 bridgehead atoms. The van der Waals surface area contributed by atoms with Gasteiger partial charge in [-0.05, 0) is 50.3 Å². The van der Waals surface area contributed by atoms with Crippen molar-refractivity contribution in [3.8, 4) is 0 Å². The fourth-order valence-electron chi connectivity index (χ4n) is 2.06. The van der Waals surface area contributed by atoms with Crippen molar-refractivity contribution >= 4 is 10.0 Å². The highest BCUT2D eigenvalue weighted by Gasteiger charge is 2.15. The Bertz CT molecular complexity index is 459. The summed E-state index contributed by atoms with van der Waals surface area (Å²) < 4.78 is 26.5. The van der Waals surface area contributed by atoms with Crippen LogP contribution in [0, 0.1) is 0 Å². The van der Waals surface area contributed by atoms with Crippen LogP contribution in [0.25, 0.3) is 0 Å². The topological polar surface area (TPSA) is 46.2 Å². The maximum absolute atomic E-state index is 12.0. The lowest BCUT2D eigenvalue weighted by Crippen LogP contribution is -2.30. The van der Waals surface area contributed by atoms with Crippen LogP contribution in [0.3, 0.4) is 0 Å². The van der Waals surface area contributed by atoms with Gasteiger partial charge >= 0.3 is 0 Å². The van der Waals surface area contributed by atoms with Crippen LogP contribution >= 0.6 is 0 Å². The molecule has 0 fully saturated rings. The van der Waals surface area contributed by atoms with Gasteiger partial charge in [-0.3, -0.25) is 0 Å². The second-order valence-corrected chi connectivity index (χ2v) is 6.57. The lowest BCUT2D eigenvalue weighted by Gasteiger charge is -2.14. The van der Waals surface area contributed by atoms with Gasteiger partial charge in [0.2, 0.25) is 10.0 Å². The molecule has 0 radical (unpaired) electrons. The Kier molecular flexibility index (Phi) is 5.35. The van der Waals surface area contributed by atoms with E-state index in [1.54, 1.807) is 12.1 Å². The van der Waals surface area contributed by atoms with Crippen molar-refractivity contribution < 1.29 is 8.42 Å². The van der Waals surface area contributed by atoms with Gasteiger partial charge in [-0.25, -0.2) is 13.1 Å². The summed E-state index contributed by atoms with van der Waals surface area (Å²) in [5, 5.41) is 0. The first-order valence-corrected chi connectivity index (χ1v) is 8.01. The van der Waals surface area contributed by atoms with Gasteiger partial charge in [-0.2, -0.15) is 0 Å². The molecule has 0 spiro atoms. The lowest BCUT2D eigenvalue weighted by molar-refractivity contribution is 0.569. The zero-order chi connectivity index (χ0) is 13.8. The Labute approximate surface area is 111 Å². The first-order chi connectivity index (χ1) is 8.40. The van der Waals surface area contributed by atoms with Crippen molar-refractivity contribution in [1.29, 1.82) is 0 Å². The van der Waals surface area contributed by atoms with Gasteiger partial charge < -0.3 is 0 Å². The second kappa shape index (κ2) is 6.34. The molecule has 0 aromatic heterocycles. The lowest BCUT2D eigenvalue weighted by atomic mass is 9.94. The van der Waals surface area contributed by atoms with Crippen LogP contribution in [0.4, 0.5) is 0 Å². The maximum Gasteiger partial charge on any atom is 0.240 e. The molecule has 4 heteroatoms. The fraction of sp³-hybridized carbons (Fsp3) is 0.571. The van der Waals surface area contributed by atoms with Crippen molar-refractivity contribution in [3.63, 3.8) is 0 Å². The highest BCUT2D eigenvalue weighted by Crippen LogP contribution is 2.24. The second-order valence-electron chi connectivity index (χ2n) is 4.86. The van der Waals surface area contributed by atoms with E-state index in [2.05, 4.69) is 18.6 Å². The van der Waals surface area contributed by atoms with Crippen LogP contribution in [0.1, 0.15) is 52.0 Å². The van der Waals surface area contributed by atoms with Gasteiger partial charge in [0.05, 0.1) is 4.90 Å². The Morgan fingerprint density at radius 3 is 1.94 bits per heavy atom. The highest BCUT2D eigenvalue weighted by molar-refractivity contribution is 7.89. The smallest absolute Gasteiger partial charge is 0.209 e. The molecule has 1 aromatic carbocycles. The minimum absolute atomic E-state index is 0.0892. The van der Waals surface area contributed by atoms with Gasteiger partial charge in [-0.15, -0.1) is 0 Å². The van der Waals surface area contributed by atoms with Gasteiger partial charge in [0.1, 0.15) is 0 Å². The van der Waals surface area contributed by atoms with E-state index in [1.807, 2.05) is 26.0 Å². The molecule has 0 atom stereocenters. The zero-order valence-electron chi connectivity index (χ0n) is 11.6. The normalized spacial score (nSPS) is 12.3. The molecule has 0 aliphatic carbocycles. The molecule has 0 heterocycles. The Morgan fingerprint density at radius 2 is 1.56 bits per heavy atom. The van der Waals surface area contributed by atoms with E-state index < -0.39 is 10.0 Å². The van der Waals surface area contributed by atoms with Crippen LogP contribution < -0.4 is 4.72 Å². The Hall–Kier alpha value is -0.870. The van der Waals surface area contributed by atoms with Crippen LogP contribution in [0.5, 0.6) is 0 Å². The number of hydrogen-bond donors (Lipinski definition) is 1. The SMILES string of the molecule is CCC(CC)c1ccc(S(=O)(=O)NC(C)C)cc1. The number of sulfonamides is 1. The molecular formula is C14H23NO2S. The number of rotatable bonds is 6. The zero-order valence-corrected chi connectivity index (χ0v) is 12.4. The summed E-state index contributed by atoms with van der Waals surface area (Å²) in [7, 11) is -3.37. The van der Waals surface area contributed by atoms with Gasteiger partial charge in [-0.1, -0.05) is 26.0 Å². The molecule has 0 aliphatic heterocycles. The minimum Gasteiger partial charge on any atom is -0.209 e. The molecule has 0 saturated heterocycles. The highest BCUT2D eigenvalue weighted by atomic mass is 32.2. The molecule has 0 saturated carbocycles. The molecule has 18 heavy (non-hydrogen) atoms. The van der Waals surface area contributed by atoms with Gasteiger partial charge in [0.15, 0.2) is 0 Å². The van der Waals surface area contributed by atoms with Crippen molar-refractivity contribution in [2.45, 2.75) is 57.4 Å². The summed E-state index contributed by atoms with van der Waals surface area (Å²) in [4.78, 5) is 0.339. The largest absolute Gasteiger partial charge is 0.240 e. The standard InChI is InChI=1S/C14H23NO2S/c1-5-12(6-2)13-7-9-14(10-8-13)18(16,17)15-11(3)4/h7-12,15H,5-6H2,1-4H3.